The molecule has 0 fully saturated rings. The average molecular weight is 458 g/mol. The first-order chi connectivity index (χ1) is 16.1. The van der Waals surface area contributed by atoms with Crippen LogP contribution in [0.4, 0.5) is 5.69 Å². The van der Waals surface area contributed by atoms with E-state index >= 15 is 0 Å². The van der Waals surface area contributed by atoms with Crippen LogP contribution in [-0.4, -0.2) is 15.7 Å². The molecule has 4 aromatic rings. The van der Waals surface area contributed by atoms with Gasteiger partial charge < -0.3 is 4.90 Å². The lowest BCUT2D eigenvalue weighted by Gasteiger charge is -2.23. The van der Waals surface area contributed by atoms with E-state index < -0.39 is 0 Å². The number of hydrogen-bond acceptors (Lipinski definition) is 3. The van der Waals surface area contributed by atoms with E-state index in [9.17, 15) is 9.59 Å². The van der Waals surface area contributed by atoms with Gasteiger partial charge in [-0.3, -0.25) is 9.59 Å². The molecule has 3 aromatic carbocycles. The maximum atomic E-state index is 13.1. The second-order valence-corrected chi connectivity index (χ2v) is 8.13. The molecule has 0 aliphatic heterocycles. The first kappa shape index (κ1) is 22.5. The van der Waals surface area contributed by atoms with Crippen LogP contribution in [0.15, 0.2) is 102 Å². The Kier molecular flexibility index (Phi) is 7.33. The molecule has 0 N–H and O–H groups in total. The van der Waals surface area contributed by atoms with Crippen LogP contribution in [0, 0.1) is 0 Å². The number of anilines is 1. The van der Waals surface area contributed by atoms with Gasteiger partial charge in [-0.2, -0.15) is 5.10 Å². The molecule has 5 nitrogen and oxygen atoms in total. The Morgan fingerprint density at radius 2 is 1.52 bits per heavy atom. The molecule has 0 saturated heterocycles. The summed E-state index contributed by atoms with van der Waals surface area (Å²) >= 11 is 5.96. The van der Waals surface area contributed by atoms with Crippen molar-refractivity contribution < 1.29 is 4.79 Å². The van der Waals surface area contributed by atoms with Gasteiger partial charge in [0.2, 0.25) is 5.91 Å². The molecular weight excluding hydrogens is 434 g/mol. The van der Waals surface area contributed by atoms with E-state index in [0.717, 1.165) is 16.8 Å². The van der Waals surface area contributed by atoms with Crippen molar-refractivity contribution in [2.45, 2.75) is 25.9 Å². The lowest BCUT2D eigenvalue weighted by Crippen LogP contribution is -2.31. The van der Waals surface area contributed by atoms with Crippen molar-refractivity contribution in [3.8, 4) is 11.3 Å². The number of nitrogens with zero attached hydrogens (tertiary/aromatic N) is 3. The molecule has 0 saturated carbocycles. The normalized spacial score (nSPS) is 10.7. The molecule has 1 heterocycles. The molecule has 0 aliphatic rings. The number of benzene rings is 3. The molecule has 1 amide bonds. The summed E-state index contributed by atoms with van der Waals surface area (Å²) in [4.78, 5) is 27.2. The van der Waals surface area contributed by atoms with Crippen molar-refractivity contribution in [1.82, 2.24) is 9.78 Å². The third-order valence-electron chi connectivity index (χ3n) is 5.32. The summed E-state index contributed by atoms with van der Waals surface area (Å²) in [5, 5.41) is 5.12. The van der Waals surface area contributed by atoms with Crippen LogP contribution >= 0.6 is 11.6 Å². The van der Waals surface area contributed by atoms with Crippen LogP contribution < -0.4 is 10.5 Å². The Morgan fingerprint density at radius 1 is 0.848 bits per heavy atom. The van der Waals surface area contributed by atoms with E-state index in [1.807, 2.05) is 72.8 Å². The van der Waals surface area contributed by atoms with Crippen LogP contribution in [0.2, 0.25) is 5.02 Å². The van der Waals surface area contributed by atoms with Crippen molar-refractivity contribution >= 4 is 23.2 Å². The molecule has 0 radical (unpaired) electrons. The summed E-state index contributed by atoms with van der Waals surface area (Å²) in [6, 6.07) is 30.1. The van der Waals surface area contributed by atoms with Crippen LogP contribution in [0.5, 0.6) is 0 Å². The maximum Gasteiger partial charge on any atom is 0.266 e. The predicted molar refractivity (Wildman–Crippen MR) is 132 cm³/mol. The molecule has 6 heteroatoms. The molecule has 166 valence electrons. The minimum absolute atomic E-state index is 0.00644. The molecule has 0 unspecified atom stereocenters. The summed E-state index contributed by atoms with van der Waals surface area (Å²) < 4.78 is 1.42. The van der Waals surface area contributed by atoms with Crippen molar-refractivity contribution in [2.75, 3.05) is 4.90 Å². The Morgan fingerprint density at radius 3 is 2.21 bits per heavy atom. The fraction of sp³-hybridized carbons (Fsp3) is 0.148. The van der Waals surface area contributed by atoms with Gasteiger partial charge in [-0.1, -0.05) is 72.3 Å². The molecule has 0 aliphatic carbocycles. The molecule has 4 rings (SSSR count). The predicted octanol–water partition coefficient (Wildman–Crippen LogP) is 5.58. The Balaban J connectivity index is 1.45. The van der Waals surface area contributed by atoms with E-state index in [2.05, 4.69) is 5.10 Å². The molecule has 33 heavy (non-hydrogen) atoms. The monoisotopic (exact) mass is 457 g/mol. The summed E-state index contributed by atoms with van der Waals surface area (Å²) in [7, 11) is 0. The van der Waals surface area contributed by atoms with E-state index in [4.69, 9.17) is 11.6 Å². The van der Waals surface area contributed by atoms with Crippen LogP contribution in [0.1, 0.15) is 18.4 Å². The van der Waals surface area contributed by atoms with Gasteiger partial charge in [-0.05, 0) is 42.3 Å². The number of halogens is 1. The fourth-order valence-electron chi connectivity index (χ4n) is 3.60. The number of hydrogen-bond donors (Lipinski definition) is 0. The van der Waals surface area contributed by atoms with Gasteiger partial charge in [0.15, 0.2) is 0 Å². The Labute approximate surface area is 197 Å². The SMILES string of the molecule is O=C(CCCn1nc(-c2ccc(Cl)cc2)ccc1=O)N(Cc1ccccc1)c1ccccc1. The summed E-state index contributed by atoms with van der Waals surface area (Å²) in [6.07, 6.45) is 0.814. The standard InChI is InChI=1S/C27H24ClN3O2/c28-23-15-13-22(14-16-23)25-17-18-27(33)31(29-25)19-7-12-26(32)30(24-10-5-2-6-11-24)20-21-8-3-1-4-9-21/h1-6,8-11,13-18H,7,12,19-20H2. The minimum Gasteiger partial charge on any atom is -0.308 e. The van der Waals surface area contributed by atoms with Gasteiger partial charge >= 0.3 is 0 Å². The van der Waals surface area contributed by atoms with E-state index in [1.54, 1.807) is 23.1 Å². The van der Waals surface area contributed by atoms with Gasteiger partial charge in [-0.25, -0.2) is 4.68 Å². The van der Waals surface area contributed by atoms with Gasteiger partial charge in [0.25, 0.3) is 5.56 Å². The summed E-state index contributed by atoms with van der Waals surface area (Å²) in [5.74, 6) is 0.00644. The second kappa shape index (κ2) is 10.7. The largest absolute Gasteiger partial charge is 0.308 e. The topological polar surface area (TPSA) is 55.2 Å². The molecule has 0 bridgehead atoms. The highest BCUT2D eigenvalue weighted by atomic mass is 35.5. The van der Waals surface area contributed by atoms with Crippen molar-refractivity contribution in [3.05, 3.63) is 118 Å². The number of aromatic nitrogens is 2. The zero-order chi connectivity index (χ0) is 23.0. The lowest BCUT2D eigenvalue weighted by atomic mass is 10.1. The summed E-state index contributed by atoms with van der Waals surface area (Å²) in [5.41, 5.74) is 3.29. The highest BCUT2D eigenvalue weighted by Crippen LogP contribution is 2.20. The smallest absolute Gasteiger partial charge is 0.266 e. The van der Waals surface area contributed by atoms with E-state index in [-0.39, 0.29) is 11.5 Å². The maximum absolute atomic E-state index is 13.1. The zero-order valence-corrected chi connectivity index (χ0v) is 18.9. The summed E-state index contributed by atoms with van der Waals surface area (Å²) in [6.45, 7) is 0.855. The number of amides is 1. The number of carbonyl (C=O) groups is 1. The van der Waals surface area contributed by atoms with Crippen LogP contribution in [0.3, 0.4) is 0 Å². The third kappa shape index (κ3) is 5.96. The van der Waals surface area contributed by atoms with Crippen LogP contribution in [0.25, 0.3) is 11.3 Å². The number of para-hydroxylation sites is 1. The number of rotatable bonds is 8. The number of carbonyl (C=O) groups excluding carboxylic acids is 1. The van der Waals surface area contributed by atoms with Crippen LogP contribution in [-0.2, 0) is 17.9 Å². The second-order valence-electron chi connectivity index (χ2n) is 7.69. The van der Waals surface area contributed by atoms with Crippen molar-refractivity contribution in [3.63, 3.8) is 0 Å². The van der Waals surface area contributed by atoms with Gasteiger partial charge in [-0.15, -0.1) is 0 Å². The first-order valence-electron chi connectivity index (χ1n) is 10.8. The lowest BCUT2D eigenvalue weighted by molar-refractivity contribution is -0.118. The Bertz CT molecular complexity index is 1260. The molecule has 0 spiro atoms. The molecule has 1 aromatic heterocycles. The average Bonchev–Trinajstić information content (AvgIpc) is 2.85. The minimum atomic E-state index is -0.190. The quantitative estimate of drug-likeness (QED) is 0.347. The first-order valence-corrected chi connectivity index (χ1v) is 11.2. The fourth-order valence-corrected chi connectivity index (χ4v) is 3.72. The van der Waals surface area contributed by atoms with Gasteiger partial charge in [0.05, 0.1) is 12.2 Å². The van der Waals surface area contributed by atoms with Crippen molar-refractivity contribution in [2.24, 2.45) is 0 Å². The zero-order valence-electron chi connectivity index (χ0n) is 18.1. The van der Waals surface area contributed by atoms with E-state index in [1.165, 1.54) is 10.7 Å². The third-order valence-corrected chi connectivity index (χ3v) is 5.57. The van der Waals surface area contributed by atoms with E-state index in [0.29, 0.717) is 36.6 Å². The van der Waals surface area contributed by atoms with Gasteiger partial charge in [0, 0.05) is 35.3 Å². The van der Waals surface area contributed by atoms with Crippen molar-refractivity contribution in [1.29, 1.82) is 0 Å². The molecule has 0 atom stereocenters. The Hall–Kier alpha value is -3.70. The van der Waals surface area contributed by atoms with Gasteiger partial charge in [0.1, 0.15) is 0 Å². The highest BCUT2D eigenvalue weighted by molar-refractivity contribution is 6.30. The highest BCUT2D eigenvalue weighted by Gasteiger charge is 2.16. The molecular formula is C27H24ClN3O2. The number of aryl methyl sites for hydroxylation is 1.